The molecular weight excluding hydrogens is 158 g/mol. The Morgan fingerprint density at radius 2 is 1.62 bits per heavy atom. The first-order valence-corrected chi connectivity index (χ1v) is 5.54. The molecule has 0 heterocycles. The van der Waals surface area contributed by atoms with Gasteiger partial charge in [0.2, 0.25) is 0 Å². The largest absolute Gasteiger partial charge is 0.299 e. The number of nitrogens with zero attached hydrogens (tertiary/aromatic N) is 1. The molecule has 1 atom stereocenters. The molecule has 0 N–H and O–H groups in total. The van der Waals surface area contributed by atoms with Crippen LogP contribution in [-0.2, 0) is 0 Å². The molecule has 0 aliphatic heterocycles. The summed E-state index contributed by atoms with van der Waals surface area (Å²) in [6.07, 6.45) is 2.51. The second kappa shape index (κ2) is 4.99. The van der Waals surface area contributed by atoms with Crippen LogP contribution in [0.5, 0.6) is 0 Å². The Morgan fingerprint density at radius 1 is 1.15 bits per heavy atom. The summed E-state index contributed by atoms with van der Waals surface area (Å²) in [6.45, 7) is 13.8. The minimum atomic E-state index is 0.342. The molecule has 0 aliphatic carbocycles. The highest BCUT2D eigenvalue weighted by atomic mass is 15.2. The minimum Gasteiger partial charge on any atom is -0.299 e. The lowest BCUT2D eigenvalue weighted by molar-refractivity contribution is 0.0941. The van der Waals surface area contributed by atoms with E-state index in [1.54, 1.807) is 0 Å². The van der Waals surface area contributed by atoms with E-state index in [1.165, 1.54) is 12.8 Å². The fraction of sp³-hybridized carbons (Fsp3) is 1.00. The number of hydrogen-bond donors (Lipinski definition) is 0. The molecule has 0 saturated carbocycles. The molecular formula is C12H27N. The third kappa shape index (κ3) is 4.12. The zero-order valence-electron chi connectivity index (χ0n) is 10.5. The lowest BCUT2D eigenvalue weighted by Gasteiger charge is -2.40. The Kier molecular flexibility index (Phi) is 4.98. The van der Waals surface area contributed by atoms with Crippen molar-refractivity contribution >= 4 is 0 Å². The topological polar surface area (TPSA) is 3.24 Å². The van der Waals surface area contributed by atoms with Gasteiger partial charge in [-0.3, -0.25) is 4.90 Å². The van der Waals surface area contributed by atoms with E-state index in [4.69, 9.17) is 0 Å². The highest BCUT2D eigenvalue weighted by Gasteiger charge is 2.25. The molecule has 1 unspecified atom stereocenters. The predicted molar refractivity (Wildman–Crippen MR) is 61.1 cm³/mol. The first-order valence-electron chi connectivity index (χ1n) is 5.54. The monoisotopic (exact) mass is 185 g/mol. The molecule has 0 saturated heterocycles. The molecule has 0 aromatic heterocycles. The van der Waals surface area contributed by atoms with Gasteiger partial charge in [-0.05, 0) is 46.6 Å². The SMILES string of the molecule is CCC(C)(C)N(C)C(C)CC(C)C. The molecule has 13 heavy (non-hydrogen) atoms. The van der Waals surface area contributed by atoms with Crippen molar-refractivity contribution < 1.29 is 0 Å². The van der Waals surface area contributed by atoms with E-state index in [2.05, 4.69) is 53.5 Å². The van der Waals surface area contributed by atoms with E-state index < -0.39 is 0 Å². The summed E-state index contributed by atoms with van der Waals surface area (Å²) in [7, 11) is 2.25. The summed E-state index contributed by atoms with van der Waals surface area (Å²) < 4.78 is 0. The highest BCUT2D eigenvalue weighted by Crippen LogP contribution is 2.22. The van der Waals surface area contributed by atoms with Crippen molar-refractivity contribution in [1.82, 2.24) is 4.90 Å². The average molecular weight is 185 g/mol. The van der Waals surface area contributed by atoms with Gasteiger partial charge in [-0.15, -0.1) is 0 Å². The first-order chi connectivity index (χ1) is 5.81. The Labute approximate surface area is 84.5 Å². The molecule has 0 aliphatic rings. The molecule has 0 bridgehead atoms. The van der Waals surface area contributed by atoms with Gasteiger partial charge >= 0.3 is 0 Å². The molecule has 0 fully saturated rings. The van der Waals surface area contributed by atoms with Gasteiger partial charge in [0.05, 0.1) is 0 Å². The van der Waals surface area contributed by atoms with Crippen molar-refractivity contribution in [2.75, 3.05) is 7.05 Å². The van der Waals surface area contributed by atoms with Gasteiger partial charge in [-0.25, -0.2) is 0 Å². The summed E-state index contributed by atoms with van der Waals surface area (Å²) in [5, 5.41) is 0. The molecule has 80 valence electrons. The molecule has 1 heteroatoms. The van der Waals surface area contributed by atoms with Gasteiger partial charge in [-0.1, -0.05) is 20.8 Å². The molecule has 1 nitrogen and oxygen atoms in total. The van der Waals surface area contributed by atoms with E-state index in [0.29, 0.717) is 11.6 Å². The minimum absolute atomic E-state index is 0.342. The highest BCUT2D eigenvalue weighted by molar-refractivity contribution is 4.81. The third-order valence-corrected chi connectivity index (χ3v) is 3.29. The fourth-order valence-electron chi connectivity index (χ4n) is 1.69. The summed E-state index contributed by atoms with van der Waals surface area (Å²) in [5.41, 5.74) is 0.342. The van der Waals surface area contributed by atoms with Crippen LogP contribution in [0, 0.1) is 5.92 Å². The second-order valence-electron chi connectivity index (χ2n) is 5.26. The van der Waals surface area contributed by atoms with Gasteiger partial charge in [-0.2, -0.15) is 0 Å². The number of rotatable bonds is 5. The van der Waals surface area contributed by atoms with Crippen molar-refractivity contribution in [2.24, 2.45) is 5.92 Å². The first kappa shape index (κ1) is 13.0. The summed E-state index contributed by atoms with van der Waals surface area (Å²) in [5.74, 6) is 0.796. The third-order valence-electron chi connectivity index (χ3n) is 3.29. The standard InChI is InChI=1S/C12H27N/c1-8-12(5,6)13(7)11(4)9-10(2)3/h10-11H,8-9H2,1-7H3. The maximum absolute atomic E-state index is 2.51. The fourth-order valence-corrected chi connectivity index (χ4v) is 1.69. The quantitative estimate of drug-likeness (QED) is 0.633. The smallest absolute Gasteiger partial charge is 0.0150 e. The zero-order valence-corrected chi connectivity index (χ0v) is 10.5. The normalized spacial score (nSPS) is 15.5. The van der Waals surface area contributed by atoms with Crippen LogP contribution in [0.4, 0.5) is 0 Å². The van der Waals surface area contributed by atoms with Crippen LogP contribution in [0.25, 0.3) is 0 Å². The summed E-state index contributed by atoms with van der Waals surface area (Å²) in [6, 6.07) is 0.690. The van der Waals surface area contributed by atoms with E-state index in [9.17, 15) is 0 Å². The Bertz CT molecular complexity index is 138. The van der Waals surface area contributed by atoms with Crippen LogP contribution in [0.1, 0.15) is 54.4 Å². The van der Waals surface area contributed by atoms with E-state index in [0.717, 1.165) is 5.92 Å². The molecule has 0 rings (SSSR count). The van der Waals surface area contributed by atoms with Crippen molar-refractivity contribution in [3.63, 3.8) is 0 Å². The molecule has 0 amide bonds. The van der Waals surface area contributed by atoms with E-state index in [-0.39, 0.29) is 0 Å². The van der Waals surface area contributed by atoms with Crippen molar-refractivity contribution in [1.29, 1.82) is 0 Å². The molecule has 0 aromatic rings. The van der Waals surface area contributed by atoms with Crippen LogP contribution in [-0.4, -0.2) is 23.5 Å². The Morgan fingerprint density at radius 3 is 1.92 bits per heavy atom. The van der Waals surface area contributed by atoms with Gasteiger partial charge in [0.25, 0.3) is 0 Å². The molecule has 0 aromatic carbocycles. The van der Waals surface area contributed by atoms with Crippen LogP contribution in [0.15, 0.2) is 0 Å². The average Bonchev–Trinajstić information content (AvgIpc) is 2.01. The van der Waals surface area contributed by atoms with Gasteiger partial charge in [0.15, 0.2) is 0 Å². The van der Waals surface area contributed by atoms with Crippen molar-refractivity contribution in [2.45, 2.75) is 66.0 Å². The maximum atomic E-state index is 2.51. The van der Waals surface area contributed by atoms with Gasteiger partial charge in [0, 0.05) is 11.6 Å². The Balaban J connectivity index is 4.16. The van der Waals surface area contributed by atoms with Gasteiger partial charge < -0.3 is 0 Å². The molecule has 0 radical (unpaired) electrons. The maximum Gasteiger partial charge on any atom is 0.0150 e. The van der Waals surface area contributed by atoms with Crippen molar-refractivity contribution in [3.8, 4) is 0 Å². The van der Waals surface area contributed by atoms with Crippen LogP contribution < -0.4 is 0 Å². The van der Waals surface area contributed by atoms with Crippen LogP contribution >= 0.6 is 0 Å². The zero-order chi connectivity index (χ0) is 10.6. The van der Waals surface area contributed by atoms with E-state index in [1.807, 2.05) is 0 Å². The van der Waals surface area contributed by atoms with Crippen molar-refractivity contribution in [3.05, 3.63) is 0 Å². The Hall–Kier alpha value is -0.0400. The second-order valence-corrected chi connectivity index (χ2v) is 5.26. The van der Waals surface area contributed by atoms with Crippen LogP contribution in [0.3, 0.4) is 0 Å². The molecule has 0 spiro atoms. The lowest BCUT2D eigenvalue weighted by Crippen LogP contribution is -2.46. The predicted octanol–water partition coefficient (Wildman–Crippen LogP) is 3.54. The van der Waals surface area contributed by atoms with Gasteiger partial charge in [0.1, 0.15) is 0 Å². The lowest BCUT2D eigenvalue weighted by atomic mass is 9.95. The summed E-state index contributed by atoms with van der Waals surface area (Å²) >= 11 is 0. The summed E-state index contributed by atoms with van der Waals surface area (Å²) in [4.78, 5) is 2.51. The van der Waals surface area contributed by atoms with Crippen LogP contribution in [0.2, 0.25) is 0 Å². The number of hydrogen-bond acceptors (Lipinski definition) is 1. The van der Waals surface area contributed by atoms with E-state index >= 15 is 0 Å².